The lowest BCUT2D eigenvalue weighted by Crippen LogP contribution is -2.41. The van der Waals surface area contributed by atoms with Crippen LogP contribution in [0.15, 0.2) is 42.4 Å². The molecule has 0 aromatic carbocycles. The van der Waals surface area contributed by atoms with Gasteiger partial charge in [-0.1, -0.05) is 6.08 Å². The number of fused-ring (bicyclic) bond motifs is 1. The first-order chi connectivity index (χ1) is 25.4. The Morgan fingerprint density at radius 1 is 1.02 bits per heavy atom. The molecule has 9 atom stereocenters. The maximum Gasteiger partial charge on any atom is 0.472 e. The molecule has 3 aromatic heterocycles. The summed E-state index contributed by atoms with van der Waals surface area (Å²) in [5, 5.41) is 22.4. The van der Waals surface area contributed by atoms with E-state index in [1.54, 1.807) is 0 Å². The number of nitrogens with zero attached hydrogens (tertiary/aromatic N) is 7. The van der Waals surface area contributed by atoms with Crippen LogP contribution < -0.4 is 17.2 Å². The van der Waals surface area contributed by atoms with Crippen molar-refractivity contribution in [1.82, 2.24) is 34.0 Å². The van der Waals surface area contributed by atoms with Gasteiger partial charge in [0.15, 0.2) is 30.0 Å². The number of phosphoric ester groups is 2. The van der Waals surface area contributed by atoms with E-state index in [0.29, 0.717) is 6.42 Å². The van der Waals surface area contributed by atoms with E-state index in [2.05, 4.69) is 31.0 Å². The summed E-state index contributed by atoms with van der Waals surface area (Å²) in [6, 6.07) is 1.17. The number of rotatable bonds is 16. The fourth-order valence-electron chi connectivity index (χ4n) is 5.53. The van der Waals surface area contributed by atoms with Gasteiger partial charge in [-0.2, -0.15) is 4.98 Å². The average Bonchev–Trinajstić information content (AvgIpc) is 3.75. The summed E-state index contributed by atoms with van der Waals surface area (Å²) in [4.78, 5) is 83.7. The van der Waals surface area contributed by atoms with Crippen molar-refractivity contribution in [3.05, 3.63) is 48.1 Å². The second-order valence-corrected chi connectivity index (χ2v) is 14.5. The fourth-order valence-corrected chi connectivity index (χ4v) is 6.83. The van der Waals surface area contributed by atoms with Crippen molar-refractivity contribution in [1.29, 1.82) is 0 Å². The zero-order valence-corrected chi connectivity index (χ0v) is 29.9. The normalized spacial score (nSPS) is 26.8. The highest BCUT2D eigenvalue weighted by molar-refractivity contribution is 7.47. The number of phosphoric acid groups is 2. The van der Waals surface area contributed by atoms with Gasteiger partial charge in [0.05, 0.1) is 19.5 Å². The Kier molecular flexibility index (Phi) is 12.6. The summed E-state index contributed by atoms with van der Waals surface area (Å²) in [7, 11) is -9.15. The van der Waals surface area contributed by atoms with E-state index in [9.17, 15) is 48.4 Å². The number of amides is 1. The Balaban J connectivity index is 1.35. The Morgan fingerprint density at radius 2 is 1.67 bits per heavy atom. The largest absolute Gasteiger partial charge is 0.472 e. The predicted octanol–water partition coefficient (Wildman–Crippen LogP) is -2.29. The lowest BCUT2D eigenvalue weighted by atomic mass is 10.1. The summed E-state index contributed by atoms with van der Waals surface area (Å²) < 4.78 is 58.5. The minimum absolute atomic E-state index is 0.000950. The number of likely N-dealkylation sites (N-methyl/N-ethyl adjacent to an activating group) is 1. The minimum Gasteiger partial charge on any atom is -0.455 e. The van der Waals surface area contributed by atoms with Gasteiger partial charge in [0.25, 0.3) is 0 Å². The number of hydrogen-bond donors (Lipinski definition) is 7. The van der Waals surface area contributed by atoms with Crippen LogP contribution in [0.4, 0.5) is 11.6 Å². The standard InChI is InChI=1S/C27H37N9O16P2/c1-3-4-5-16(37)34(2)8-17(38)51-21-13(49-26(19(21)39)36-12-32-18-23(29)30-11-31-24(18)36)10-48-54(45,46)52-22-14(9-47-53(42,43)44)50-25(20(22)40)35-7-6-15(28)33-27(35)41/h3,6-7,11-14,19-22,25-26,39-40H,1,4-5,8-10H2,2H3,(H,45,46)(H2,28,33,41)(H2,29,30,31)(H2,42,43,44)/t13-,14-,19-,20-,21-,22-,25-,26-/m1/s1. The number of aliphatic hydroxyl groups is 2. The highest BCUT2D eigenvalue weighted by Crippen LogP contribution is 2.50. The van der Waals surface area contributed by atoms with Gasteiger partial charge in [-0.15, -0.1) is 6.58 Å². The summed E-state index contributed by atoms with van der Waals surface area (Å²) in [6.07, 6.45) is -8.18. The summed E-state index contributed by atoms with van der Waals surface area (Å²) in [5.74, 6) is -1.58. The molecular weight excluding hydrogens is 768 g/mol. The smallest absolute Gasteiger partial charge is 0.455 e. The van der Waals surface area contributed by atoms with E-state index < -0.39 is 102 Å². The maximum absolute atomic E-state index is 13.3. The Labute approximate surface area is 303 Å². The van der Waals surface area contributed by atoms with Crippen molar-refractivity contribution in [2.45, 2.75) is 61.9 Å². The van der Waals surface area contributed by atoms with Crippen LogP contribution in [0.2, 0.25) is 0 Å². The van der Waals surface area contributed by atoms with Crippen LogP contribution in [-0.2, 0) is 46.5 Å². The Morgan fingerprint density at radius 3 is 2.33 bits per heavy atom. The molecule has 27 heteroatoms. The molecule has 2 fully saturated rings. The molecule has 3 aromatic rings. The van der Waals surface area contributed by atoms with Crippen LogP contribution in [0.3, 0.4) is 0 Å². The third-order valence-electron chi connectivity index (χ3n) is 8.09. The van der Waals surface area contributed by atoms with E-state index in [1.165, 1.54) is 30.1 Å². The third-order valence-corrected chi connectivity index (χ3v) is 9.56. The Hall–Kier alpha value is -4.23. The zero-order valence-electron chi connectivity index (χ0n) is 28.2. The van der Waals surface area contributed by atoms with E-state index >= 15 is 0 Å². The van der Waals surface area contributed by atoms with Crippen LogP contribution in [0.25, 0.3) is 11.2 Å². The molecule has 9 N–H and O–H groups in total. The van der Waals surface area contributed by atoms with Crippen molar-refractivity contribution in [3.63, 3.8) is 0 Å². The number of aliphatic hydroxyl groups excluding tert-OH is 2. The molecule has 1 unspecified atom stereocenters. The van der Waals surface area contributed by atoms with Crippen molar-refractivity contribution < 1.29 is 71.4 Å². The lowest BCUT2D eigenvalue weighted by molar-refractivity contribution is -0.159. The number of aromatic nitrogens is 6. The highest BCUT2D eigenvalue weighted by Gasteiger charge is 2.52. The molecule has 0 saturated carbocycles. The zero-order chi connectivity index (χ0) is 39.5. The molecule has 0 aliphatic carbocycles. The summed E-state index contributed by atoms with van der Waals surface area (Å²) in [6.45, 7) is 1.05. The molecule has 5 rings (SSSR count). The quantitative estimate of drug-likeness (QED) is 0.0455. The predicted molar refractivity (Wildman–Crippen MR) is 178 cm³/mol. The number of nitrogens with two attached hydrogens (primary N) is 2. The maximum atomic E-state index is 13.3. The summed E-state index contributed by atoms with van der Waals surface area (Å²) >= 11 is 0. The van der Waals surface area contributed by atoms with E-state index in [1.807, 2.05) is 0 Å². The van der Waals surface area contributed by atoms with E-state index in [-0.39, 0.29) is 29.2 Å². The minimum atomic E-state index is -5.36. The molecule has 1 amide bonds. The van der Waals surface area contributed by atoms with Gasteiger partial charge in [0.2, 0.25) is 5.91 Å². The van der Waals surface area contributed by atoms with Crippen molar-refractivity contribution >= 4 is 50.3 Å². The van der Waals surface area contributed by atoms with E-state index in [4.69, 9.17) is 34.7 Å². The molecule has 54 heavy (non-hydrogen) atoms. The average molecular weight is 806 g/mol. The van der Waals surface area contributed by atoms with Gasteiger partial charge >= 0.3 is 27.3 Å². The van der Waals surface area contributed by atoms with Gasteiger partial charge < -0.3 is 55.5 Å². The highest BCUT2D eigenvalue weighted by atomic mass is 31.2. The van der Waals surface area contributed by atoms with Crippen LogP contribution in [0.1, 0.15) is 25.3 Å². The number of carbonyl (C=O) groups is 2. The number of nitrogen functional groups attached to an aromatic ring is 2. The van der Waals surface area contributed by atoms with Gasteiger partial charge in [0.1, 0.15) is 54.7 Å². The SMILES string of the molecule is C=CCCC(=O)N(C)CC(=O)O[C@H]1[C@@H](O)[C@H](n2cnc3c(N)ncnc32)O[C@@H]1COP(=O)(O)O[C@H]1[C@@H](O)[C@H](n2ccc(N)nc2=O)O[C@@H]1COP(=O)(O)O. The van der Waals surface area contributed by atoms with Gasteiger partial charge in [0, 0.05) is 19.7 Å². The molecule has 5 heterocycles. The number of carbonyl (C=O) groups excluding carboxylic acids is 2. The lowest BCUT2D eigenvalue weighted by Gasteiger charge is -2.25. The number of allylic oxidation sites excluding steroid dienone is 1. The second kappa shape index (κ2) is 16.6. The number of imidazole rings is 1. The molecule has 0 radical (unpaired) electrons. The number of anilines is 2. The van der Waals surface area contributed by atoms with Crippen LogP contribution in [-0.4, -0.2) is 134 Å². The summed E-state index contributed by atoms with van der Waals surface area (Å²) in [5.41, 5.74) is 10.6. The van der Waals surface area contributed by atoms with Gasteiger partial charge in [-0.3, -0.25) is 32.3 Å². The molecule has 0 bridgehead atoms. The van der Waals surface area contributed by atoms with Gasteiger partial charge in [-0.05, 0) is 12.5 Å². The molecule has 2 saturated heterocycles. The first-order valence-corrected chi connectivity index (χ1v) is 18.8. The molecule has 25 nitrogen and oxygen atoms in total. The number of esters is 1. The van der Waals surface area contributed by atoms with Crippen molar-refractivity contribution in [2.24, 2.45) is 0 Å². The molecule has 0 spiro atoms. The van der Waals surface area contributed by atoms with E-state index in [0.717, 1.165) is 22.0 Å². The third kappa shape index (κ3) is 9.52. The molecule has 296 valence electrons. The van der Waals surface area contributed by atoms with Crippen LogP contribution in [0, 0.1) is 0 Å². The number of ether oxygens (including phenoxy) is 3. The second-order valence-electron chi connectivity index (χ2n) is 11.9. The molecule has 2 aliphatic rings. The molecule has 2 aliphatic heterocycles. The monoisotopic (exact) mass is 805 g/mol. The number of hydrogen-bond acceptors (Lipinski definition) is 19. The van der Waals surface area contributed by atoms with Crippen LogP contribution >= 0.6 is 15.6 Å². The van der Waals surface area contributed by atoms with Crippen LogP contribution in [0.5, 0.6) is 0 Å². The fraction of sp³-hybridized carbons (Fsp3) is 0.519. The van der Waals surface area contributed by atoms with Crippen molar-refractivity contribution in [2.75, 3.05) is 38.3 Å². The van der Waals surface area contributed by atoms with Gasteiger partial charge in [-0.25, -0.2) is 28.9 Å². The van der Waals surface area contributed by atoms with Crippen molar-refractivity contribution in [3.8, 4) is 0 Å². The topological polar surface area (TPSA) is 359 Å². The molecular formula is C27H37N9O16P2. The first-order valence-electron chi connectivity index (χ1n) is 15.7. The first kappa shape index (κ1) is 40.9. The Bertz CT molecular complexity index is 2010.